The third kappa shape index (κ3) is 3.68. The number of aryl methyl sites for hydroxylation is 1. The van der Waals surface area contributed by atoms with Gasteiger partial charge >= 0.3 is 0 Å². The van der Waals surface area contributed by atoms with Crippen LogP contribution < -0.4 is 4.90 Å². The average Bonchev–Trinajstić information content (AvgIpc) is 2.58. The number of nitro benzene ring substituents is 1. The van der Waals surface area contributed by atoms with Gasteiger partial charge in [0.05, 0.1) is 4.92 Å². The molecule has 5 nitrogen and oxygen atoms in total. The van der Waals surface area contributed by atoms with Crippen LogP contribution in [-0.2, 0) is 6.54 Å². The van der Waals surface area contributed by atoms with E-state index in [-0.39, 0.29) is 10.6 Å². The number of para-hydroxylation sites is 1. The van der Waals surface area contributed by atoms with Crippen molar-refractivity contribution in [3.63, 3.8) is 0 Å². The minimum absolute atomic E-state index is 0.0907. The monoisotopic (exact) mass is 345 g/mol. The van der Waals surface area contributed by atoms with Gasteiger partial charge in [-0.1, -0.05) is 29.8 Å². The molecule has 24 heavy (non-hydrogen) atoms. The number of non-ortho nitro benzene ring substituents is 1. The van der Waals surface area contributed by atoms with Crippen LogP contribution in [0.15, 0.2) is 42.5 Å². The summed E-state index contributed by atoms with van der Waals surface area (Å²) in [5.74, 6) is 0. The second-order valence-corrected chi connectivity index (χ2v) is 6.49. The van der Waals surface area contributed by atoms with Crippen LogP contribution in [0.3, 0.4) is 0 Å². The minimum atomic E-state index is -0.379. The zero-order chi connectivity index (χ0) is 17.1. The summed E-state index contributed by atoms with van der Waals surface area (Å²) in [7, 11) is 0. The summed E-state index contributed by atoms with van der Waals surface area (Å²) in [5, 5.41) is 11.5. The topological polar surface area (TPSA) is 49.6 Å². The van der Waals surface area contributed by atoms with Gasteiger partial charge < -0.3 is 4.90 Å². The van der Waals surface area contributed by atoms with Crippen molar-refractivity contribution in [1.82, 2.24) is 4.90 Å². The van der Waals surface area contributed by atoms with E-state index in [1.807, 2.05) is 0 Å². The second-order valence-electron chi connectivity index (χ2n) is 6.08. The molecule has 0 aromatic heterocycles. The number of hydrogen-bond donors (Lipinski definition) is 0. The van der Waals surface area contributed by atoms with Crippen LogP contribution >= 0.6 is 11.6 Å². The van der Waals surface area contributed by atoms with Crippen LogP contribution in [0.2, 0.25) is 5.02 Å². The average molecular weight is 346 g/mol. The van der Waals surface area contributed by atoms with Gasteiger partial charge in [-0.2, -0.15) is 0 Å². The van der Waals surface area contributed by atoms with Crippen molar-refractivity contribution >= 4 is 23.0 Å². The Bertz CT molecular complexity index is 743. The number of nitrogens with zero attached hydrogens (tertiary/aromatic N) is 3. The van der Waals surface area contributed by atoms with E-state index in [2.05, 4.69) is 41.0 Å². The quantitative estimate of drug-likeness (QED) is 0.623. The molecular weight excluding hydrogens is 326 g/mol. The van der Waals surface area contributed by atoms with E-state index in [0.29, 0.717) is 11.6 Å². The molecule has 1 saturated heterocycles. The molecule has 0 amide bonds. The number of benzene rings is 2. The van der Waals surface area contributed by atoms with Gasteiger partial charge in [-0.3, -0.25) is 15.0 Å². The Kier molecular flexibility index (Phi) is 5.02. The number of hydrogen-bond acceptors (Lipinski definition) is 4. The van der Waals surface area contributed by atoms with Crippen molar-refractivity contribution in [1.29, 1.82) is 0 Å². The zero-order valence-corrected chi connectivity index (χ0v) is 14.4. The zero-order valence-electron chi connectivity index (χ0n) is 13.6. The number of halogens is 1. The van der Waals surface area contributed by atoms with Crippen LogP contribution in [-0.4, -0.2) is 36.0 Å². The smallest absolute Gasteiger partial charge is 0.269 e. The molecule has 1 aliphatic heterocycles. The highest BCUT2D eigenvalue weighted by atomic mass is 35.5. The van der Waals surface area contributed by atoms with E-state index in [0.717, 1.165) is 31.7 Å². The molecule has 2 aromatic rings. The lowest BCUT2D eigenvalue weighted by atomic mass is 10.1. The fourth-order valence-electron chi connectivity index (χ4n) is 3.10. The highest BCUT2D eigenvalue weighted by molar-refractivity contribution is 6.31. The van der Waals surface area contributed by atoms with Crippen molar-refractivity contribution in [2.45, 2.75) is 13.5 Å². The first kappa shape index (κ1) is 16.7. The first-order valence-electron chi connectivity index (χ1n) is 8.00. The number of piperazine rings is 1. The van der Waals surface area contributed by atoms with E-state index in [4.69, 9.17) is 11.6 Å². The highest BCUT2D eigenvalue weighted by Crippen LogP contribution is 2.25. The Hall–Kier alpha value is -2.11. The van der Waals surface area contributed by atoms with Crippen LogP contribution in [0.1, 0.15) is 11.1 Å². The second kappa shape index (κ2) is 7.20. The number of anilines is 1. The minimum Gasteiger partial charge on any atom is -0.369 e. The predicted molar refractivity (Wildman–Crippen MR) is 96.8 cm³/mol. The summed E-state index contributed by atoms with van der Waals surface area (Å²) in [5.41, 5.74) is 3.47. The maximum Gasteiger partial charge on any atom is 0.269 e. The first-order chi connectivity index (χ1) is 11.5. The molecule has 1 fully saturated rings. The van der Waals surface area contributed by atoms with E-state index >= 15 is 0 Å². The van der Waals surface area contributed by atoms with Gasteiger partial charge in [-0.15, -0.1) is 0 Å². The molecule has 0 spiro atoms. The largest absolute Gasteiger partial charge is 0.369 e. The van der Waals surface area contributed by atoms with E-state index < -0.39 is 0 Å². The third-order valence-electron chi connectivity index (χ3n) is 4.46. The Balaban J connectivity index is 1.65. The summed E-state index contributed by atoms with van der Waals surface area (Å²) in [6.07, 6.45) is 0. The fraction of sp³-hybridized carbons (Fsp3) is 0.333. The molecule has 0 atom stereocenters. The van der Waals surface area contributed by atoms with Crippen molar-refractivity contribution in [2.24, 2.45) is 0 Å². The molecule has 0 aliphatic carbocycles. The van der Waals surface area contributed by atoms with Crippen molar-refractivity contribution in [3.05, 3.63) is 68.7 Å². The van der Waals surface area contributed by atoms with Crippen molar-refractivity contribution in [2.75, 3.05) is 31.1 Å². The summed E-state index contributed by atoms with van der Waals surface area (Å²) in [4.78, 5) is 15.2. The number of nitro groups is 1. The van der Waals surface area contributed by atoms with Gasteiger partial charge in [0.25, 0.3) is 5.69 Å². The van der Waals surface area contributed by atoms with Crippen LogP contribution in [0.4, 0.5) is 11.4 Å². The Labute approximate surface area is 146 Å². The highest BCUT2D eigenvalue weighted by Gasteiger charge is 2.20. The van der Waals surface area contributed by atoms with Gasteiger partial charge in [0.1, 0.15) is 0 Å². The summed E-state index contributed by atoms with van der Waals surface area (Å²) in [6, 6.07) is 13.0. The molecule has 3 rings (SSSR count). The molecule has 0 unspecified atom stereocenters. The maximum absolute atomic E-state index is 10.9. The van der Waals surface area contributed by atoms with Gasteiger partial charge in [0.2, 0.25) is 0 Å². The predicted octanol–water partition coefficient (Wildman–Crippen LogP) is 3.88. The molecule has 6 heteroatoms. The Morgan fingerprint density at radius 1 is 1.12 bits per heavy atom. The molecule has 0 N–H and O–H groups in total. The summed E-state index contributed by atoms with van der Waals surface area (Å²) >= 11 is 6.21. The molecule has 126 valence electrons. The van der Waals surface area contributed by atoms with Crippen LogP contribution in [0.25, 0.3) is 0 Å². The Morgan fingerprint density at radius 3 is 2.50 bits per heavy atom. The van der Waals surface area contributed by atoms with Gasteiger partial charge in [0, 0.05) is 55.6 Å². The van der Waals surface area contributed by atoms with E-state index in [1.165, 1.54) is 17.3 Å². The molecule has 0 saturated carbocycles. The van der Waals surface area contributed by atoms with Gasteiger partial charge in [-0.25, -0.2) is 0 Å². The van der Waals surface area contributed by atoms with Gasteiger partial charge in [0.15, 0.2) is 0 Å². The third-order valence-corrected chi connectivity index (χ3v) is 4.83. The summed E-state index contributed by atoms with van der Waals surface area (Å²) < 4.78 is 0. The van der Waals surface area contributed by atoms with E-state index in [9.17, 15) is 10.1 Å². The molecule has 1 aliphatic rings. The fourth-order valence-corrected chi connectivity index (χ4v) is 3.28. The molecule has 0 radical (unpaired) electrons. The normalized spacial score (nSPS) is 15.5. The lowest BCUT2D eigenvalue weighted by molar-refractivity contribution is -0.384. The van der Waals surface area contributed by atoms with Crippen molar-refractivity contribution in [3.8, 4) is 0 Å². The lowest BCUT2D eigenvalue weighted by Gasteiger charge is -2.36. The Morgan fingerprint density at radius 2 is 1.83 bits per heavy atom. The van der Waals surface area contributed by atoms with Gasteiger partial charge in [-0.05, 0) is 30.2 Å². The van der Waals surface area contributed by atoms with E-state index in [1.54, 1.807) is 12.1 Å². The molecular formula is C18H20ClN3O2. The van der Waals surface area contributed by atoms with Crippen LogP contribution in [0.5, 0.6) is 0 Å². The molecule has 0 bridgehead atoms. The standard InChI is InChI=1S/C18H20ClN3O2/c1-14-4-2-3-5-18(14)21-10-8-20(9-11-21)13-15-12-16(22(23)24)6-7-17(15)19/h2-7,12H,8-11,13H2,1H3. The van der Waals surface area contributed by atoms with Crippen molar-refractivity contribution < 1.29 is 4.92 Å². The van der Waals surface area contributed by atoms with Crippen LogP contribution in [0, 0.1) is 17.0 Å². The first-order valence-corrected chi connectivity index (χ1v) is 8.38. The molecule has 1 heterocycles. The SMILES string of the molecule is Cc1ccccc1N1CCN(Cc2cc([N+](=O)[O-])ccc2Cl)CC1. The maximum atomic E-state index is 10.9. The number of rotatable bonds is 4. The molecule has 2 aromatic carbocycles. The lowest BCUT2D eigenvalue weighted by Crippen LogP contribution is -2.46. The summed E-state index contributed by atoms with van der Waals surface area (Å²) in [6.45, 7) is 6.47.